The van der Waals surface area contributed by atoms with Crippen molar-refractivity contribution in [1.82, 2.24) is 24.6 Å². The standard InChI is InChI=1S/C18H26N6O2/c1-12(17(26)23-9-5-2-6-10-23)20-18-21-15-14(16(25)22-18)11-19-24(15)13-7-3-4-8-13/h11-13H,2-10H2,1H3,(H2,20,21,22,25)/t12-/m1/s1. The topological polar surface area (TPSA) is 95.9 Å². The Kier molecular flexibility index (Phi) is 4.65. The maximum Gasteiger partial charge on any atom is 0.263 e. The molecule has 2 N–H and O–H groups in total. The molecule has 0 unspecified atom stereocenters. The number of likely N-dealkylation sites (tertiary alicyclic amines) is 1. The van der Waals surface area contributed by atoms with Crippen molar-refractivity contribution in [3.05, 3.63) is 16.6 Å². The molecule has 2 fully saturated rings. The van der Waals surface area contributed by atoms with Crippen LogP contribution in [-0.4, -0.2) is 49.7 Å². The number of fused-ring (bicyclic) bond motifs is 1. The number of carbonyl (C=O) groups is 1. The summed E-state index contributed by atoms with van der Waals surface area (Å²) in [6.45, 7) is 3.43. The lowest BCUT2D eigenvalue weighted by Crippen LogP contribution is -2.44. The number of rotatable bonds is 4. The molecule has 0 bridgehead atoms. The summed E-state index contributed by atoms with van der Waals surface area (Å²) in [5, 5.41) is 7.98. The van der Waals surface area contributed by atoms with Gasteiger partial charge in [-0.25, -0.2) is 4.68 Å². The van der Waals surface area contributed by atoms with Crippen LogP contribution in [0.25, 0.3) is 11.0 Å². The highest BCUT2D eigenvalue weighted by molar-refractivity contribution is 5.84. The van der Waals surface area contributed by atoms with Crippen molar-refractivity contribution in [3.63, 3.8) is 0 Å². The minimum Gasteiger partial charge on any atom is -0.344 e. The van der Waals surface area contributed by atoms with E-state index < -0.39 is 6.04 Å². The zero-order valence-electron chi connectivity index (χ0n) is 15.2. The number of carbonyl (C=O) groups excluding carboxylic acids is 1. The lowest BCUT2D eigenvalue weighted by Gasteiger charge is -2.29. The molecular weight excluding hydrogens is 332 g/mol. The van der Waals surface area contributed by atoms with Gasteiger partial charge in [-0.15, -0.1) is 0 Å². The molecule has 3 heterocycles. The van der Waals surface area contributed by atoms with Gasteiger partial charge in [0.1, 0.15) is 11.4 Å². The quantitative estimate of drug-likeness (QED) is 0.872. The van der Waals surface area contributed by atoms with Crippen LogP contribution in [0, 0.1) is 0 Å². The molecule has 1 aliphatic carbocycles. The predicted octanol–water partition coefficient (Wildman–Crippen LogP) is 2.05. The number of aromatic nitrogens is 4. The summed E-state index contributed by atoms with van der Waals surface area (Å²) in [5.74, 6) is 0.386. The predicted molar refractivity (Wildman–Crippen MR) is 99.2 cm³/mol. The number of hydrogen-bond acceptors (Lipinski definition) is 5. The monoisotopic (exact) mass is 358 g/mol. The third-order valence-electron chi connectivity index (χ3n) is 5.53. The van der Waals surface area contributed by atoms with Gasteiger partial charge in [0.25, 0.3) is 5.56 Å². The minimum absolute atomic E-state index is 0.0525. The van der Waals surface area contributed by atoms with Crippen molar-refractivity contribution in [3.8, 4) is 0 Å². The van der Waals surface area contributed by atoms with Crippen LogP contribution in [0.1, 0.15) is 57.9 Å². The summed E-state index contributed by atoms with van der Waals surface area (Å²) in [5.41, 5.74) is 0.375. The summed E-state index contributed by atoms with van der Waals surface area (Å²) in [6, 6.07) is -0.126. The molecule has 1 aliphatic heterocycles. The van der Waals surface area contributed by atoms with E-state index in [0.717, 1.165) is 38.8 Å². The van der Waals surface area contributed by atoms with Crippen molar-refractivity contribution in [2.24, 2.45) is 0 Å². The fourth-order valence-corrected chi connectivity index (χ4v) is 4.08. The van der Waals surface area contributed by atoms with Crippen LogP contribution >= 0.6 is 0 Å². The van der Waals surface area contributed by atoms with Gasteiger partial charge < -0.3 is 10.2 Å². The van der Waals surface area contributed by atoms with Crippen LogP contribution in [-0.2, 0) is 4.79 Å². The normalized spacial score (nSPS) is 19.8. The lowest BCUT2D eigenvalue weighted by molar-refractivity contribution is -0.132. The molecular formula is C18H26N6O2. The third-order valence-corrected chi connectivity index (χ3v) is 5.53. The Bertz CT molecular complexity index is 845. The average molecular weight is 358 g/mol. The molecule has 0 radical (unpaired) electrons. The zero-order valence-corrected chi connectivity index (χ0v) is 15.2. The summed E-state index contributed by atoms with van der Waals surface area (Å²) in [4.78, 5) is 34.2. The lowest BCUT2D eigenvalue weighted by atomic mass is 10.1. The molecule has 8 nitrogen and oxygen atoms in total. The summed E-state index contributed by atoms with van der Waals surface area (Å²) in [7, 11) is 0. The first-order valence-electron chi connectivity index (χ1n) is 9.66. The number of nitrogens with one attached hydrogen (secondary N) is 2. The van der Waals surface area contributed by atoms with E-state index in [9.17, 15) is 9.59 Å². The van der Waals surface area contributed by atoms with Crippen LogP contribution < -0.4 is 10.9 Å². The molecule has 8 heteroatoms. The third kappa shape index (κ3) is 3.20. The second-order valence-electron chi connectivity index (χ2n) is 7.43. The van der Waals surface area contributed by atoms with Crippen molar-refractivity contribution >= 4 is 22.9 Å². The van der Waals surface area contributed by atoms with Crippen LogP contribution in [0.3, 0.4) is 0 Å². The first-order chi connectivity index (χ1) is 12.6. The van der Waals surface area contributed by atoms with Crippen molar-refractivity contribution < 1.29 is 4.79 Å². The number of anilines is 1. The number of piperidine rings is 1. The van der Waals surface area contributed by atoms with E-state index in [-0.39, 0.29) is 11.5 Å². The summed E-state index contributed by atoms with van der Waals surface area (Å²) >= 11 is 0. The molecule has 2 aromatic heterocycles. The van der Waals surface area contributed by atoms with E-state index in [1.54, 1.807) is 6.20 Å². The van der Waals surface area contributed by atoms with Crippen LogP contribution in [0.2, 0.25) is 0 Å². The van der Waals surface area contributed by atoms with Gasteiger partial charge in [-0.1, -0.05) is 12.8 Å². The Balaban J connectivity index is 1.57. The van der Waals surface area contributed by atoms with Gasteiger partial charge in [0.15, 0.2) is 5.65 Å². The van der Waals surface area contributed by atoms with Crippen molar-refractivity contribution in [2.75, 3.05) is 18.4 Å². The Hall–Kier alpha value is -2.38. The van der Waals surface area contributed by atoms with Crippen LogP contribution in [0.5, 0.6) is 0 Å². The Morgan fingerprint density at radius 2 is 1.96 bits per heavy atom. The molecule has 2 aliphatic rings. The largest absolute Gasteiger partial charge is 0.344 e. The van der Waals surface area contributed by atoms with Crippen LogP contribution in [0.15, 0.2) is 11.0 Å². The van der Waals surface area contributed by atoms with Gasteiger partial charge in [-0.2, -0.15) is 10.1 Å². The summed E-state index contributed by atoms with van der Waals surface area (Å²) < 4.78 is 1.87. The molecule has 2 aromatic rings. The fraction of sp³-hybridized carbons (Fsp3) is 0.667. The molecule has 26 heavy (non-hydrogen) atoms. The SMILES string of the molecule is C[C@@H](Nc1nc2c(cnn2C2CCCC2)c(=O)[nH]1)C(=O)N1CCCCC1. The number of nitrogens with zero attached hydrogens (tertiary/aromatic N) is 4. The molecule has 1 atom stereocenters. The van der Waals surface area contributed by atoms with Gasteiger partial charge in [-0.05, 0) is 39.0 Å². The first-order valence-corrected chi connectivity index (χ1v) is 9.66. The smallest absolute Gasteiger partial charge is 0.263 e. The number of aromatic amines is 1. The highest BCUT2D eigenvalue weighted by atomic mass is 16.2. The van der Waals surface area contributed by atoms with Gasteiger partial charge in [0, 0.05) is 13.1 Å². The van der Waals surface area contributed by atoms with E-state index in [2.05, 4.69) is 20.4 Å². The summed E-state index contributed by atoms with van der Waals surface area (Å²) in [6.07, 6.45) is 9.38. The Labute approximate surface area is 152 Å². The Morgan fingerprint density at radius 1 is 1.23 bits per heavy atom. The zero-order chi connectivity index (χ0) is 18.1. The van der Waals surface area contributed by atoms with Gasteiger partial charge in [-0.3, -0.25) is 14.6 Å². The molecule has 1 saturated carbocycles. The van der Waals surface area contributed by atoms with Gasteiger partial charge in [0.2, 0.25) is 11.9 Å². The maximum atomic E-state index is 12.6. The highest BCUT2D eigenvalue weighted by Crippen LogP contribution is 2.30. The van der Waals surface area contributed by atoms with Crippen molar-refractivity contribution in [1.29, 1.82) is 0 Å². The molecule has 1 saturated heterocycles. The molecule has 1 amide bonds. The van der Waals surface area contributed by atoms with Crippen LogP contribution in [0.4, 0.5) is 5.95 Å². The second kappa shape index (κ2) is 7.09. The van der Waals surface area contributed by atoms with E-state index in [1.165, 1.54) is 19.3 Å². The van der Waals surface area contributed by atoms with Gasteiger partial charge in [0.05, 0.1) is 12.2 Å². The minimum atomic E-state index is -0.434. The van der Waals surface area contributed by atoms with Crippen molar-refractivity contribution in [2.45, 2.75) is 64.0 Å². The van der Waals surface area contributed by atoms with E-state index in [1.807, 2.05) is 16.5 Å². The van der Waals surface area contributed by atoms with Gasteiger partial charge >= 0.3 is 0 Å². The average Bonchev–Trinajstić information content (AvgIpc) is 3.31. The fourth-order valence-electron chi connectivity index (χ4n) is 4.08. The number of H-pyrrole nitrogens is 1. The first kappa shape index (κ1) is 17.1. The van der Waals surface area contributed by atoms with E-state index in [0.29, 0.717) is 23.0 Å². The highest BCUT2D eigenvalue weighted by Gasteiger charge is 2.24. The molecule has 140 valence electrons. The van der Waals surface area contributed by atoms with E-state index in [4.69, 9.17) is 0 Å². The number of amides is 1. The second-order valence-corrected chi connectivity index (χ2v) is 7.43. The maximum absolute atomic E-state index is 12.6. The molecule has 4 rings (SSSR count). The number of hydrogen-bond donors (Lipinski definition) is 2. The molecule has 0 spiro atoms. The Morgan fingerprint density at radius 3 is 2.69 bits per heavy atom. The molecule has 0 aromatic carbocycles. The van der Waals surface area contributed by atoms with E-state index >= 15 is 0 Å².